The second-order valence-corrected chi connectivity index (χ2v) is 6.39. The smallest absolute Gasteiger partial charge is 0.271 e. The number of hydrogen-bond donors (Lipinski definition) is 1. The van der Waals surface area contributed by atoms with Crippen molar-refractivity contribution in [1.82, 2.24) is 5.43 Å². The van der Waals surface area contributed by atoms with Crippen molar-refractivity contribution in [2.24, 2.45) is 16.9 Å². The van der Waals surface area contributed by atoms with Gasteiger partial charge in [-0.25, -0.2) is 5.43 Å². The van der Waals surface area contributed by atoms with E-state index in [1.54, 1.807) is 31.4 Å². The standard InChI is InChI=1S/C18H24N2O2/c1-22-17-10-7-14(8-11-17)18(21)20-19-16-9-6-13-4-2-3-5-15(13)12-16/h7-8,10-11,13,15H,2-6,9,12H2,1H3,(H,20,21)/b19-16-/t13-,15+/m1/s1. The van der Waals surface area contributed by atoms with E-state index < -0.39 is 0 Å². The molecule has 0 aliphatic heterocycles. The fraction of sp³-hybridized carbons (Fsp3) is 0.556. The molecule has 118 valence electrons. The summed E-state index contributed by atoms with van der Waals surface area (Å²) in [7, 11) is 1.61. The van der Waals surface area contributed by atoms with E-state index >= 15 is 0 Å². The normalized spacial score (nSPS) is 26.3. The summed E-state index contributed by atoms with van der Waals surface area (Å²) >= 11 is 0. The van der Waals surface area contributed by atoms with Gasteiger partial charge in [0.15, 0.2) is 0 Å². The van der Waals surface area contributed by atoms with Gasteiger partial charge in [-0.1, -0.05) is 19.3 Å². The summed E-state index contributed by atoms with van der Waals surface area (Å²) in [5, 5.41) is 4.38. The summed E-state index contributed by atoms with van der Waals surface area (Å²) in [4.78, 5) is 12.1. The number of hydrogen-bond acceptors (Lipinski definition) is 3. The molecular formula is C18H24N2O2. The maximum atomic E-state index is 12.1. The molecule has 0 bridgehead atoms. The first-order valence-electron chi connectivity index (χ1n) is 8.26. The number of amides is 1. The van der Waals surface area contributed by atoms with Gasteiger partial charge < -0.3 is 4.74 Å². The molecule has 2 atom stereocenters. The van der Waals surface area contributed by atoms with Gasteiger partial charge in [0.1, 0.15) is 5.75 Å². The molecule has 2 fully saturated rings. The van der Waals surface area contributed by atoms with E-state index in [-0.39, 0.29) is 5.91 Å². The first-order chi connectivity index (χ1) is 10.8. The average molecular weight is 300 g/mol. The lowest BCUT2D eigenvalue weighted by molar-refractivity contribution is 0.0954. The Kier molecular flexibility index (Phi) is 4.76. The number of nitrogens with zero attached hydrogens (tertiary/aromatic N) is 1. The van der Waals surface area contributed by atoms with Crippen molar-refractivity contribution in [3.8, 4) is 5.75 Å². The highest BCUT2D eigenvalue weighted by Gasteiger charge is 2.30. The predicted molar refractivity (Wildman–Crippen MR) is 87.2 cm³/mol. The zero-order valence-corrected chi connectivity index (χ0v) is 13.2. The molecule has 0 heterocycles. The van der Waals surface area contributed by atoms with Crippen LogP contribution in [0.4, 0.5) is 0 Å². The summed E-state index contributed by atoms with van der Waals surface area (Å²) in [5.41, 5.74) is 4.48. The number of carbonyl (C=O) groups is 1. The highest BCUT2D eigenvalue weighted by molar-refractivity contribution is 5.95. The molecule has 1 aromatic rings. The second kappa shape index (κ2) is 6.95. The Balaban J connectivity index is 1.57. The minimum absolute atomic E-state index is 0.152. The molecule has 0 spiro atoms. The van der Waals surface area contributed by atoms with Crippen LogP contribution in [-0.4, -0.2) is 18.7 Å². The SMILES string of the molecule is COc1ccc(C(=O)N/N=C2/CC[C@H]3CCCC[C@H]3C2)cc1. The fourth-order valence-electron chi connectivity index (χ4n) is 3.73. The summed E-state index contributed by atoms with van der Waals surface area (Å²) in [6, 6.07) is 7.09. The monoisotopic (exact) mass is 300 g/mol. The van der Waals surface area contributed by atoms with Crippen LogP contribution in [0.1, 0.15) is 55.3 Å². The fourth-order valence-corrected chi connectivity index (χ4v) is 3.73. The summed E-state index contributed by atoms with van der Waals surface area (Å²) < 4.78 is 5.10. The molecule has 0 aromatic heterocycles. The number of hydrazone groups is 1. The topological polar surface area (TPSA) is 50.7 Å². The number of ether oxygens (including phenoxy) is 1. The molecule has 1 amide bonds. The van der Waals surface area contributed by atoms with Crippen LogP contribution in [-0.2, 0) is 0 Å². The van der Waals surface area contributed by atoms with Gasteiger partial charge in [-0.2, -0.15) is 5.10 Å². The Morgan fingerprint density at radius 3 is 2.59 bits per heavy atom. The zero-order chi connectivity index (χ0) is 15.4. The number of methoxy groups -OCH3 is 1. The number of carbonyl (C=O) groups excluding carboxylic acids is 1. The predicted octanol–water partition coefficient (Wildman–Crippen LogP) is 3.77. The molecule has 0 radical (unpaired) electrons. The van der Waals surface area contributed by atoms with Crippen molar-refractivity contribution < 1.29 is 9.53 Å². The summed E-state index contributed by atoms with van der Waals surface area (Å²) in [6.45, 7) is 0. The Morgan fingerprint density at radius 2 is 1.86 bits per heavy atom. The first kappa shape index (κ1) is 15.1. The lowest BCUT2D eigenvalue weighted by atomic mass is 9.70. The van der Waals surface area contributed by atoms with Gasteiger partial charge in [-0.3, -0.25) is 4.79 Å². The summed E-state index contributed by atoms with van der Waals surface area (Å²) in [6.07, 6.45) is 8.79. The van der Waals surface area contributed by atoms with Crippen molar-refractivity contribution in [2.45, 2.75) is 44.9 Å². The molecule has 0 unspecified atom stereocenters. The number of rotatable bonds is 3. The molecule has 1 aromatic carbocycles. The van der Waals surface area contributed by atoms with Crippen LogP contribution in [0.2, 0.25) is 0 Å². The van der Waals surface area contributed by atoms with Crippen LogP contribution < -0.4 is 10.2 Å². The largest absolute Gasteiger partial charge is 0.497 e. The Morgan fingerprint density at radius 1 is 1.14 bits per heavy atom. The van der Waals surface area contributed by atoms with E-state index in [2.05, 4.69) is 10.5 Å². The third kappa shape index (κ3) is 3.49. The summed E-state index contributed by atoms with van der Waals surface area (Å²) in [5.74, 6) is 2.28. The van der Waals surface area contributed by atoms with Crippen LogP contribution in [0.15, 0.2) is 29.4 Å². The molecule has 2 saturated carbocycles. The van der Waals surface area contributed by atoms with Gasteiger partial charge >= 0.3 is 0 Å². The van der Waals surface area contributed by atoms with Crippen LogP contribution >= 0.6 is 0 Å². The van der Waals surface area contributed by atoms with Crippen LogP contribution in [0, 0.1) is 11.8 Å². The van der Waals surface area contributed by atoms with Gasteiger partial charge in [0.2, 0.25) is 0 Å². The van der Waals surface area contributed by atoms with Crippen molar-refractivity contribution >= 4 is 11.6 Å². The van der Waals surface area contributed by atoms with E-state index in [1.165, 1.54) is 32.1 Å². The van der Waals surface area contributed by atoms with Gasteiger partial charge in [-0.05, 0) is 61.8 Å². The van der Waals surface area contributed by atoms with Crippen LogP contribution in [0.25, 0.3) is 0 Å². The second-order valence-electron chi connectivity index (χ2n) is 6.39. The maximum Gasteiger partial charge on any atom is 0.271 e. The van der Waals surface area contributed by atoms with Gasteiger partial charge in [0, 0.05) is 11.3 Å². The number of nitrogens with one attached hydrogen (secondary N) is 1. The van der Waals surface area contributed by atoms with Crippen molar-refractivity contribution in [1.29, 1.82) is 0 Å². The van der Waals surface area contributed by atoms with E-state index in [0.29, 0.717) is 5.56 Å². The first-order valence-corrected chi connectivity index (χ1v) is 8.26. The van der Waals surface area contributed by atoms with Crippen molar-refractivity contribution in [2.75, 3.05) is 7.11 Å². The zero-order valence-electron chi connectivity index (χ0n) is 13.2. The van der Waals surface area contributed by atoms with Crippen LogP contribution in [0.5, 0.6) is 5.75 Å². The van der Waals surface area contributed by atoms with E-state index in [4.69, 9.17) is 4.74 Å². The molecule has 2 aliphatic carbocycles. The number of benzene rings is 1. The molecule has 1 N–H and O–H groups in total. The van der Waals surface area contributed by atoms with E-state index in [9.17, 15) is 4.79 Å². The minimum Gasteiger partial charge on any atom is -0.497 e. The Hall–Kier alpha value is -1.84. The molecule has 3 rings (SSSR count). The van der Waals surface area contributed by atoms with E-state index in [1.807, 2.05) is 0 Å². The average Bonchev–Trinajstić information content (AvgIpc) is 2.59. The molecule has 4 nitrogen and oxygen atoms in total. The molecule has 0 saturated heterocycles. The van der Waals surface area contributed by atoms with Crippen molar-refractivity contribution in [3.63, 3.8) is 0 Å². The molecule has 22 heavy (non-hydrogen) atoms. The minimum atomic E-state index is -0.152. The van der Waals surface area contributed by atoms with Crippen molar-refractivity contribution in [3.05, 3.63) is 29.8 Å². The molecule has 4 heteroatoms. The van der Waals surface area contributed by atoms with Crippen LogP contribution in [0.3, 0.4) is 0 Å². The lowest BCUT2D eigenvalue weighted by Crippen LogP contribution is -2.29. The third-order valence-electron chi connectivity index (χ3n) is 5.04. The Bertz CT molecular complexity index is 551. The molecular weight excluding hydrogens is 276 g/mol. The number of fused-ring (bicyclic) bond motifs is 1. The lowest BCUT2D eigenvalue weighted by Gasteiger charge is -2.35. The van der Waals surface area contributed by atoms with E-state index in [0.717, 1.165) is 36.1 Å². The highest BCUT2D eigenvalue weighted by Crippen LogP contribution is 2.39. The quantitative estimate of drug-likeness (QED) is 0.864. The van der Waals surface area contributed by atoms with Gasteiger partial charge in [0.25, 0.3) is 5.91 Å². The van der Waals surface area contributed by atoms with Gasteiger partial charge in [-0.15, -0.1) is 0 Å². The Labute approximate surface area is 131 Å². The molecule has 2 aliphatic rings. The third-order valence-corrected chi connectivity index (χ3v) is 5.04. The maximum absolute atomic E-state index is 12.1. The highest BCUT2D eigenvalue weighted by atomic mass is 16.5. The van der Waals surface area contributed by atoms with Gasteiger partial charge in [0.05, 0.1) is 7.11 Å².